The van der Waals surface area contributed by atoms with Gasteiger partial charge in [-0.3, -0.25) is 4.79 Å². The van der Waals surface area contributed by atoms with E-state index >= 15 is 0 Å². The van der Waals surface area contributed by atoms with Gasteiger partial charge in [-0.2, -0.15) is 0 Å². The van der Waals surface area contributed by atoms with Crippen LogP contribution >= 0.6 is 0 Å². The fourth-order valence-electron chi connectivity index (χ4n) is 2.22. The number of hydrogen-bond donors (Lipinski definition) is 0. The summed E-state index contributed by atoms with van der Waals surface area (Å²) in [5.74, 6) is 1.63. The van der Waals surface area contributed by atoms with Crippen molar-refractivity contribution in [2.24, 2.45) is 5.41 Å². The Morgan fingerprint density at radius 3 is 2.58 bits per heavy atom. The first kappa shape index (κ1) is 15.7. The predicted molar refractivity (Wildman–Crippen MR) is 78.0 cm³/mol. The normalized spacial score (nSPS) is 11.9. The van der Waals surface area contributed by atoms with Crippen molar-refractivity contribution in [3.05, 3.63) is 18.2 Å². The summed E-state index contributed by atoms with van der Waals surface area (Å²) in [4.78, 5) is 18.3. The molecule has 0 aliphatic carbocycles. The number of hydrogen-bond acceptors (Lipinski definition) is 2. The van der Waals surface area contributed by atoms with Gasteiger partial charge in [0.1, 0.15) is 5.82 Å². The summed E-state index contributed by atoms with van der Waals surface area (Å²) < 4.78 is 2.08. The van der Waals surface area contributed by atoms with E-state index < -0.39 is 0 Å². The average molecular weight is 265 g/mol. The van der Waals surface area contributed by atoms with Crippen molar-refractivity contribution >= 4 is 5.91 Å². The highest BCUT2D eigenvalue weighted by atomic mass is 16.2. The molecule has 1 rings (SSSR count). The number of aromatic nitrogens is 2. The molecule has 0 N–H and O–H groups in total. The molecule has 1 heterocycles. The van der Waals surface area contributed by atoms with Crippen molar-refractivity contribution in [3.63, 3.8) is 0 Å². The lowest BCUT2D eigenvalue weighted by atomic mass is 9.96. The zero-order valence-corrected chi connectivity index (χ0v) is 13.1. The van der Waals surface area contributed by atoms with Crippen LogP contribution in [0.4, 0.5) is 0 Å². The summed E-state index contributed by atoms with van der Waals surface area (Å²) >= 11 is 0. The zero-order chi connectivity index (χ0) is 14.6. The van der Waals surface area contributed by atoms with Gasteiger partial charge in [-0.1, -0.05) is 34.6 Å². The first-order valence-corrected chi connectivity index (χ1v) is 6.95. The van der Waals surface area contributed by atoms with Crippen molar-refractivity contribution in [2.45, 2.75) is 53.5 Å². The molecular formula is C15H27N3O. The van der Waals surface area contributed by atoms with Crippen LogP contribution in [0.25, 0.3) is 0 Å². The molecule has 0 spiro atoms. The third-order valence-corrected chi connectivity index (χ3v) is 2.97. The van der Waals surface area contributed by atoms with E-state index in [-0.39, 0.29) is 11.3 Å². The number of nitrogens with zero attached hydrogens (tertiary/aromatic N) is 3. The summed E-state index contributed by atoms with van der Waals surface area (Å²) in [6.45, 7) is 12.2. The molecule has 4 nitrogen and oxygen atoms in total. The smallest absolute Gasteiger partial charge is 0.224 e. The second-order valence-corrected chi connectivity index (χ2v) is 6.69. The van der Waals surface area contributed by atoms with Gasteiger partial charge in [0.15, 0.2) is 0 Å². The van der Waals surface area contributed by atoms with Crippen LogP contribution in [-0.2, 0) is 11.3 Å². The molecule has 4 heteroatoms. The van der Waals surface area contributed by atoms with Gasteiger partial charge in [0.25, 0.3) is 0 Å². The van der Waals surface area contributed by atoms with Crippen LogP contribution in [0.5, 0.6) is 0 Å². The number of carbonyl (C=O) groups excluding carboxylic acids is 1. The minimum atomic E-state index is 0.141. The van der Waals surface area contributed by atoms with Gasteiger partial charge in [0.05, 0.1) is 0 Å². The van der Waals surface area contributed by atoms with Gasteiger partial charge in [0, 0.05) is 44.9 Å². The maximum atomic E-state index is 12.1. The van der Waals surface area contributed by atoms with Crippen LogP contribution in [-0.4, -0.2) is 34.0 Å². The van der Waals surface area contributed by atoms with E-state index in [9.17, 15) is 4.79 Å². The average Bonchev–Trinajstić information content (AvgIpc) is 2.71. The topological polar surface area (TPSA) is 38.1 Å². The third-order valence-electron chi connectivity index (χ3n) is 2.97. The van der Waals surface area contributed by atoms with E-state index in [1.165, 1.54) is 0 Å². The molecule has 1 aromatic rings. The molecule has 0 aliphatic heterocycles. The molecular weight excluding hydrogens is 238 g/mol. The van der Waals surface area contributed by atoms with E-state index in [4.69, 9.17) is 0 Å². The monoisotopic (exact) mass is 265 g/mol. The number of aryl methyl sites for hydroxylation is 1. The first-order chi connectivity index (χ1) is 8.70. The van der Waals surface area contributed by atoms with Gasteiger partial charge in [-0.05, 0) is 5.41 Å². The Kier molecular flexibility index (Phi) is 5.15. The molecule has 0 atom stereocenters. The maximum absolute atomic E-state index is 12.1. The summed E-state index contributed by atoms with van der Waals surface area (Å²) in [5, 5.41) is 0. The number of amides is 1. The third kappa shape index (κ3) is 5.05. The molecule has 0 radical (unpaired) electrons. The highest BCUT2D eigenvalue weighted by Crippen LogP contribution is 2.15. The molecule has 1 aromatic heterocycles. The van der Waals surface area contributed by atoms with Crippen LogP contribution in [0.15, 0.2) is 12.4 Å². The maximum Gasteiger partial charge on any atom is 0.224 e. The molecule has 19 heavy (non-hydrogen) atoms. The Hall–Kier alpha value is -1.32. The lowest BCUT2D eigenvalue weighted by molar-refractivity contribution is -0.131. The van der Waals surface area contributed by atoms with Gasteiger partial charge in [-0.25, -0.2) is 4.98 Å². The van der Waals surface area contributed by atoms with Crippen molar-refractivity contribution < 1.29 is 4.79 Å². The SMILES string of the molecule is CC(C)c1nccn1CCC(=O)N(C)CC(C)(C)C. The predicted octanol–water partition coefficient (Wildman–Crippen LogP) is 2.90. The van der Waals surface area contributed by atoms with E-state index in [2.05, 4.69) is 44.2 Å². The Morgan fingerprint density at radius 2 is 2.05 bits per heavy atom. The summed E-state index contributed by atoms with van der Waals surface area (Å²) in [7, 11) is 1.88. The van der Waals surface area contributed by atoms with Crippen LogP contribution in [0.3, 0.4) is 0 Å². The van der Waals surface area contributed by atoms with Crippen molar-refractivity contribution in [1.29, 1.82) is 0 Å². The zero-order valence-electron chi connectivity index (χ0n) is 13.1. The van der Waals surface area contributed by atoms with Crippen molar-refractivity contribution in [1.82, 2.24) is 14.5 Å². The summed E-state index contributed by atoms with van der Waals surface area (Å²) in [5.41, 5.74) is 0.141. The van der Waals surface area contributed by atoms with Gasteiger partial charge >= 0.3 is 0 Å². The van der Waals surface area contributed by atoms with Crippen LogP contribution in [0.1, 0.15) is 52.8 Å². The second-order valence-electron chi connectivity index (χ2n) is 6.69. The molecule has 0 aromatic carbocycles. The van der Waals surface area contributed by atoms with E-state index in [0.717, 1.165) is 12.4 Å². The largest absolute Gasteiger partial charge is 0.345 e. The first-order valence-electron chi connectivity index (χ1n) is 6.95. The molecule has 0 bridgehead atoms. The second kappa shape index (κ2) is 6.22. The lowest BCUT2D eigenvalue weighted by Crippen LogP contribution is -2.34. The van der Waals surface area contributed by atoms with E-state index in [1.807, 2.05) is 18.1 Å². The molecule has 108 valence electrons. The highest BCUT2D eigenvalue weighted by Gasteiger charge is 2.18. The van der Waals surface area contributed by atoms with Gasteiger partial charge < -0.3 is 9.47 Å². The fraction of sp³-hybridized carbons (Fsp3) is 0.733. The van der Waals surface area contributed by atoms with Crippen molar-refractivity contribution in [2.75, 3.05) is 13.6 Å². The number of carbonyl (C=O) groups is 1. The fourth-order valence-corrected chi connectivity index (χ4v) is 2.22. The highest BCUT2D eigenvalue weighted by molar-refractivity contribution is 5.75. The standard InChI is InChI=1S/C15H27N3O/c1-12(2)14-16-8-10-18(14)9-7-13(19)17(6)11-15(3,4)5/h8,10,12H,7,9,11H2,1-6H3. The molecule has 0 aliphatic rings. The number of imidazole rings is 1. The molecule has 0 saturated heterocycles. The van der Waals surface area contributed by atoms with Gasteiger partial charge in [0.2, 0.25) is 5.91 Å². The number of rotatable bonds is 5. The molecule has 0 unspecified atom stereocenters. The van der Waals surface area contributed by atoms with E-state index in [0.29, 0.717) is 18.9 Å². The Bertz CT molecular complexity index is 415. The van der Waals surface area contributed by atoms with Crippen LogP contribution < -0.4 is 0 Å². The Morgan fingerprint density at radius 1 is 1.42 bits per heavy atom. The van der Waals surface area contributed by atoms with Crippen molar-refractivity contribution in [3.8, 4) is 0 Å². The van der Waals surface area contributed by atoms with E-state index in [1.54, 1.807) is 6.20 Å². The summed E-state index contributed by atoms with van der Waals surface area (Å²) in [6, 6.07) is 0. The Balaban J connectivity index is 2.52. The van der Waals surface area contributed by atoms with Crippen LogP contribution in [0, 0.1) is 5.41 Å². The lowest BCUT2D eigenvalue weighted by Gasteiger charge is -2.26. The summed E-state index contributed by atoms with van der Waals surface area (Å²) in [6.07, 6.45) is 4.29. The minimum Gasteiger partial charge on any atom is -0.345 e. The molecule has 1 amide bonds. The molecule has 0 saturated carbocycles. The van der Waals surface area contributed by atoms with Crippen LogP contribution in [0.2, 0.25) is 0 Å². The molecule has 0 fully saturated rings. The quantitative estimate of drug-likeness (QED) is 0.821. The Labute approximate surface area is 116 Å². The minimum absolute atomic E-state index is 0.141. The van der Waals surface area contributed by atoms with Gasteiger partial charge in [-0.15, -0.1) is 0 Å².